The Kier molecular flexibility index (Phi) is 3.46. The van der Waals surface area contributed by atoms with Crippen LogP contribution < -0.4 is 9.13 Å². The highest BCUT2D eigenvalue weighted by molar-refractivity contribution is 9.10. The monoisotopic (exact) mass is 307 g/mol. The Labute approximate surface area is 101 Å². The van der Waals surface area contributed by atoms with Gasteiger partial charge in [0.1, 0.15) is 12.7 Å². The van der Waals surface area contributed by atoms with Gasteiger partial charge >= 0.3 is 0 Å². The third-order valence-electron chi connectivity index (χ3n) is 1.91. The number of halogens is 1. The summed E-state index contributed by atoms with van der Waals surface area (Å²) in [4.78, 5) is 4.68. The van der Waals surface area contributed by atoms with E-state index in [2.05, 4.69) is 60.2 Å². The van der Waals surface area contributed by atoms with Gasteiger partial charge < -0.3 is 0 Å². The molecule has 0 bridgehead atoms. The molecule has 0 saturated carbocycles. The van der Waals surface area contributed by atoms with E-state index >= 15 is 0 Å². The van der Waals surface area contributed by atoms with Crippen molar-refractivity contribution in [3.8, 4) is 0 Å². The highest BCUT2D eigenvalue weighted by Crippen LogP contribution is 2.16. The fraction of sp³-hybridized carbons (Fsp3) is 0.667. The molecule has 0 fully saturated rings. The molecule has 0 aromatic carbocycles. The summed E-state index contributed by atoms with van der Waals surface area (Å²) in [6.07, 6.45) is 0. The summed E-state index contributed by atoms with van der Waals surface area (Å²) in [6, 6.07) is 0. The minimum absolute atomic E-state index is 1.11. The molecule has 1 nitrogen and oxygen atoms in total. The molecule has 0 N–H and O–H groups in total. The first-order valence-corrected chi connectivity index (χ1v) is 13.4. The van der Waals surface area contributed by atoms with Crippen molar-refractivity contribution < 1.29 is 0 Å². The van der Waals surface area contributed by atoms with Gasteiger partial charge in [-0.05, 0) is 15.9 Å². The van der Waals surface area contributed by atoms with Crippen LogP contribution in [0.15, 0.2) is 4.60 Å². The van der Waals surface area contributed by atoms with Crippen LogP contribution in [-0.4, -0.2) is 21.1 Å². The van der Waals surface area contributed by atoms with E-state index in [0.29, 0.717) is 0 Å². The molecule has 0 spiro atoms. The molecule has 0 amide bonds. The van der Waals surface area contributed by atoms with Crippen LogP contribution in [0.2, 0.25) is 39.3 Å². The molecular weight excluding hydrogens is 290 g/mol. The minimum Gasteiger partial charge on any atom is -0.240 e. The molecule has 14 heavy (non-hydrogen) atoms. The van der Waals surface area contributed by atoms with E-state index in [1.54, 1.807) is 0 Å². The van der Waals surface area contributed by atoms with Crippen molar-refractivity contribution in [2.75, 3.05) is 0 Å². The molecule has 80 valence electrons. The van der Waals surface area contributed by atoms with Crippen LogP contribution in [0.1, 0.15) is 0 Å². The van der Waals surface area contributed by atoms with Crippen LogP contribution in [0.4, 0.5) is 0 Å². The highest BCUT2D eigenvalue weighted by atomic mass is 79.9. The fourth-order valence-corrected chi connectivity index (χ4v) is 8.50. The summed E-state index contributed by atoms with van der Waals surface area (Å²) in [5, 5.41) is 0. The number of nitrogens with zero attached hydrogens (tertiary/aromatic N) is 1. The first-order valence-electron chi connectivity index (χ1n) is 4.79. The lowest BCUT2D eigenvalue weighted by Gasteiger charge is -2.14. The molecular formula is C9H18BrNSSi2. The number of aromatic nitrogens is 1. The normalized spacial score (nSPS) is 13.4. The summed E-state index contributed by atoms with van der Waals surface area (Å²) in [5.74, 6) is 0. The first-order chi connectivity index (χ1) is 6.12. The van der Waals surface area contributed by atoms with Gasteiger partial charge in [0.2, 0.25) is 0 Å². The smallest absolute Gasteiger partial charge is 0.115 e. The van der Waals surface area contributed by atoms with Crippen LogP contribution in [0.5, 0.6) is 0 Å². The summed E-state index contributed by atoms with van der Waals surface area (Å²) in [7, 11) is -2.43. The van der Waals surface area contributed by atoms with Crippen molar-refractivity contribution in [2.24, 2.45) is 0 Å². The highest BCUT2D eigenvalue weighted by Gasteiger charge is 2.28. The molecule has 0 atom stereocenters. The van der Waals surface area contributed by atoms with Gasteiger partial charge in [-0.15, -0.1) is 11.3 Å². The number of rotatable bonds is 2. The predicted molar refractivity (Wildman–Crippen MR) is 75.8 cm³/mol. The van der Waals surface area contributed by atoms with E-state index in [-0.39, 0.29) is 0 Å². The van der Waals surface area contributed by atoms with E-state index < -0.39 is 16.1 Å². The zero-order valence-corrected chi connectivity index (χ0v) is 14.1. The average Bonchev–Trinajstić information content (AvgIpc) is 2.27. The predicted octanol–water partition coefficient (Wildman–Crippen LogP) is 3.00. The van der Waals surface area contributed by atoms with Gasteiger partial charge in [-0.2, -0.15) is 0 Å². The second-order valence-corrected chi connectivity index (χ2v) is 18.1. The van der Waals surface area contributed by atoms with Crippen molar-refractivity contribution in [3.63, 3.8) is 0 Å². The number of hydrogen-bond acceptors (Lipinski definition) is 2. The van der Waals surface area contributed by atoms with Crippen molar-refractivity contribution in [1.82, 2.24) is 4.98 Å². The zero-order valence-electron chi connectivity index (χ0n) is 9.73. The Morgan fingerprint density at radius 1 is 1.00 bits per heavy atom. The lowest BCUT2D eigenvalue weighted by molar-refractivity contribution is 1.39. The van der Waals surface area contributed by atoms with Gasteiger partial charge in [0.05, 0.1) is 12.7 Å². The SMILES string of the molecule is C[Si](C)(C)c1nc(Br)c([Si](C)(C)C)s1. The standard InChI is InChI=1S/C9H18BrNSSi2/c1-13(2,3)8-7(10)11-9(12-8)14(4,5)6/h1-6H3. The second-order valence-electron chi connectivity index (χ2n) is 5.64. The summed E-state index contributed by atoms with van der Waals surface area (Å²) < 4.78 is 4.00. The summed E-state index contributed by atoms with van der Waals surface area (Å²) in [6.45, 7) is 14.2. The summed E-state index contributed by atoms with van der Waals surface area (Å²) >= 11 is 5.54. The van der Waals surface area contributed by atoms with E-state index in [9.17, 15) is 0 Å². The van der Waals surface area contributed by atoms with Crippen LogP contribution in [0.3, 0.4) is 0 Å². The molecule has 1 heterocycles. The first kappa shape index (κ1) is 12.6. The minimum atomic E-state index is -1.22. The van der Waals surface area contributed by atoms with Crippen molar-refractivity contribution in [3.05, 3.63) is 4.60 Å². The molecule has 1 rings (SSSR count). The van der Waals surface area contributed by atoms with Crippen LogP contribution in [0.25, 0.3) is 0 Å². The van der Waals surface area contributed by atoms with Crippen LogP contribution in [-0.2, 0) is 0 Å². The quantitative estimate of drug-likeness (QED) is 0.766. The molecule has 0 unspecified atom stereocenters. The van der Waals surface area contributed by atoms with Gasteiger partial charge in [0.15, 0.2) is 0 Å². The lowest BCUT2D eigenvalue weighted by Crippen LogP contribution is -2.38. The molecule has 0 radical (unpaired) electrons. The van der Waals surface area contributed by atoms with Crippen molar-refractivity contribution >= 4 is 52.5 Å². The maximum absolute atomic E-state index is 4.68. The van der Waals surface area contributed by atoms with Crippen molar-refractivity contribution in [2.45, 2.75) is 39.3 Å². The maximum atomic E-state index is 4.68. The van der Waals surface area contributed by atoms with Gasteiger partial charge in [-0.25, -0.2) is 4.98 Å². The fourth-order valence-electron chi connectivity index (χ4n) is 1.08. The Bertz CT molecular complexity index is 336. The van der Waals surface area contributed by atoms with E-state index in [1.165, 1.54) is 9.13 Å². The largest absolute Gasteiger partial charge is 0.240 e. The molecule has 0 saturated heterocycles. The Morgan fingerprint density at radius 3 is 1.71 bits per heavy atom. The maximum Gasteiger partial charge on any atom is 0.115 e. The van der Waals surface area contributed by atoms with Gasteiger partial charge in [-0.1, -0.05) is 39.3 Å². The topological polar surface area (TPSA) is 12.9 Å². The molecule has 0 aliphatic carbocycles. The van der Waals surface area contributed by atoms with Crippen LogP contribution in [0, 0.1) is 0 Å². The van der Waals surface area contributed by atoms with Gasteiger partial charge in [-0.3, -0.25) is 0 Å². The summed E-state index contributed by atoms with van der Waals surface area (Å²) in [5.41, 5.74) is 0. The number of hydrogen-bond donors (Lipinski definition) is 0. The van der Waals surface area contributed by atoms with Crippen LogP contribution >= 0.6 is 27.3 Å². The lowest BCUT2D eigenvalue weighted by atomic mass is 11.0. The average molecular weight is 308 g/mol. The third-order valence-corrected chi connectivity index (χ3v) is 11.1. The van der Waals surface area contributed by atoms with E-state index in [1.807, 2.05) is 11.3 Å². The van der Waals surface area contributed by atoms with Crippen molar-refractivity contribution in [1.29, 1.82) is 0 Å². The Hall–Kier alpha value is 0.544. The zero-order chi connectivity index (χ0) is 11.1. The third kappa shape index (κ3) is 2.77. The molecule has 5 heteroatoms. The molecule has 1 aromatic rings. The molecule has 0 aliphatic rings. The molecule has 0 aliphatic heterocycles. The Balaban J connectivity index is 3.19. The van der Waals surface area contributed by atoms with Gasteiger partial charge in [0, 0.05) is 4.50 Å². The van der Waals surface area contributed by atoms with Gasteiger partial charge in [0.25, 0.3) is 0 Å². The Morgan fingerprint density at radius 2 is 1.50 bits per heavy atom. The second kappa shape index (κ2) is 3.84. The molecule has 1 aromatic heterocycles. The number of thiazole rings is 1. The van der Waals surface area contributed by atoms with E-state index in [4.69, 9.17) is 0 Å². The van der Waals surface area contributed by atoms with E-state index in [0.717, 1.165) is 4.60 Å².